The van der Waals surface area contributed by atoms with Crippen LogP contribution in [0.1, 0.15) is 12.6 Å². The predicted molar refractivity (Wildman–Crippen MR) is 91.0 cm³/mol. The van der Waals surface area contributed by atoms with E-state index in [2.05, 4.69) is 34.6 Å². The van der Waals surface area contributed by atoms with Crippen molar-refractivity contribution >= 4 is 30.2 Å². The van der Waals surface area contributed by atoms with E-state index in [0.29, 0.717) is 6.42 Å². The van der Waals surface area contributed by atoms with E-state index in [4.69, 9.17) is 10.5 Å². The number of hydrogen-bond donors (Lipinski definition) is 3. The smallest absolute Gasteiger partial charge is 0.293 e. The molecule has 0 saturated carbocycles. The normalized spacial score (nSPS) is 27.9. The quantitative estimate of drug-likeness (QED) is 0.531. The zero-order valence-electron chi connectivity index (χ0n) is 13.5. The molecule has 0 bridgehead atoms. The Balaban J connectivity index is 1.92. The Kier molecular flexibility index (Phi) is 4.37. The summed E-state index contributed by atoms with van der Waals surface area (Å²) in [4.78, 5) is 11.4. The summed E-state index contributed by atoms with van der Waals surface area (Å²) in [5.74, 6) is 0.0332. The van der Waals surface area contributed by atoms with Crippen molar-refractivity contribution in [2.24, 2.45) is 0 Å². The maximum atomic E-state index is 14.3. The number of aliphatic hydroxyl groups excluding tert-OH is 2. The van der Waals surface area contributed by atoms with Crippen molar-refractivity contribution in [3.05, 3.63) is 12.4 Å². The minimum absolute atomic E-state index is 0.0332. The second-order valence-electron chi connectivity index (χ2n) is 6.68. The summed E-state index contributed by atoms with van der Waals surface area (Å²) in [6, 6.07) is 0. The first kappa shape index (κ1) is 17.3. The van der Waals surface area contributed by atoms with Crippen LogP contribution < -0.4 is 5.73 Å². The molecule has 8 nitrogen and oxygen atoms in total. The third kappa shape index (κ3) is 3.04. The fourth-order valence-electron chi connectivity index (χ4n) is 2.78. The lowest BCUT2D eigenvalue weighted by molar-refractivity contribution is -0.0413. The van der Waals surface area contributed by atoms with Gasteiger partial charge in [-0.2, -0.15) is 9.37 Å². The number of aliphatic hydroxyl groups is 2. The van der Waals surface area contributed by atoms with Crippen molar-refractivity contribution < 1.29 is 19.3 Å². The van der Waals surface area contributed by atoms with Gasteiger partial charge in [-0.05, 0) is 25.9 Å². The average molecular weight is 357 g/mol. The molecule has 132 valence electrons. The molecule has 3 rings (SSSR count). The highest BCUT2D eigenvalue weighted by molar-refractivity contribution is 7.72. The van der Waals surface area contributed by atoms with Crippen molar-refractivity contribution in [3.8, 4) is 0 Å². The molecule has 4 atom stereocenters. The number of imidazole rings is 1. The van der Waals surface area contributed by atoms with Crippen molar-refractivity contribution in [3.63, 3.8) is 0 Å². The van der Waals surface area contributed by atoms with Crippen molar-refractivity contribution in [2.75, 3.05) is 25.2 Å². The number of nitrogens with two attached hydrogens (primary N) is 1. The maximum Gasteiger partial charge on any atom is 0.293 e. The van der Waals surface area contributed by atoms with E-state index < -0.39 is 37.5 Å². The lowest BCUT2D eigenvalue weighted by Crippen LogP contribution is -2.32. The topological polar surface area (TPSA) is 119 Å². The standard InChI is InChI=1S/C14H21FN5O3P/c1-24(2,3)5-4-7-9(21)10(22)13(23-7)20-12-8(19-14(20)15)11(16)17-6-18-12/h6-7,9-10,13,21-22H,1,4-5H2,2-3H3,(H2,16,17,18)/t7-,9-,10-,13?/m1/s1. The lowest BCUT2D eigenvalue weighted by Gasteiger charge is -2.18. The Morgan fingerprint density at radius 2 is 2.08 bits per heavy atom. The minimum atomic E-state index is -1.30. The summed E-state index contributed by atoms with van der Waals surface area (Å²) in [6.07, 6.45) is 1.54. The van der Waals surface area contributed by atoms with Gasteiger partial charge in [0.1, 0.15) is 18.5 Å². The van der Waals surface area contributed by atoms with Crippen LogP contribution in [0.15, 0.2) is 6.33 Å². The van der Waals surface area contributed by atoms with Crippen LogP contribution in [0.3, 0.4) is 0 Å². The second kappa shape index (κ2) is 6.07. The van der Waals surface area contributed by atoms with Gasteiger partial charge in [-0.1, -0.05) is 0 Å². The van der Waals surface area contributed by atoms with E-state index in [1.807, 2.05) is 0 Å². The number of anilines is 1. The van der Waals surface area contributed by atoms with E-state index in [0.717, 1.165) is 10.7 Å². The average Bonchev–Trinajstić information content (AvgIpc) is 2.96. The van der Waals surface area contributed by atoms with E-state index in [1.165, 1.54) is 6.33 Å². The van der Waals surface area contributed by atoms with Crippen LogP contribution in [0.2, 0.25) is 0 Å². The maximum absolute atomic E-state index is 14.3. The second-order valence-corrected chi connectivity index (χ2v) is 11.0. The van der Waals surface area contributed by atoms with Crippen LogP contribution in [-0.4, -0.2) is 73.8 Å². The number of aromatic nitrogens is 4. The number of ether oxygens (including phenoxy) is 1. The van der Waals surface area contributed by atoms with Gasteiger partial charge in [-0.15, -0.1) is 13.2 Å². The summed E-state index contributed by atoms with van der Waals surface area (Å²) in [7, 11) is 0. The third-order valence-electron chi connectivity index (χ3n) is 4.07. The zero-order valence-corrected chi connectivity index (χ0v) is 14.4. The molecule has 0 radical (unpaired) electrons. The summed E-state index contributed by atoms with van der Waals surface area (Å²) < 4.78 is 21.0. The van der Waals surface area contributed by atoms with E-state index >= 15 is 0 Å². The summed E-state index contributed by atoms with van der Waals surface area (Å²) in [5.41, 5.74) is 5.88. The fourth-order valence-corrected chi connectivity index (χ4v) is 3.74. The molecule has 24 heavy (non-hydrogen) atoms. The highest BCUT2D eigenvalue weighted by Crippen LogP contribution is 2.40. The van der Waals surface area contributed by atoms with Gasteiger partial charge in [0.25, 0.3) is 6.08 Å². The number of nitrogen functional groups attached to an aromatic ring is 1. The molecule has 2 aromatic heterocycles. The molecule has 3 heterocycles. The molecule has 0 aliphatic carbocycles. The first-order valence-corrected chi connectivity index (χ1v) is 10.6. The molecule has 1 aliphatic rings. The largest absolute Gasteiger partial charge is 0.388 e. The van der Waals surface area contributed by atoms with Crippen molar-refractivity contribution in [1.29, 1.82) is 0 Å². The fraction of sp³-hybridized carbons (Fsp3) is 0.571. The van der Waals surface area contributed by atoms with Gasteiger partial charge in [0.2, 0.25) is 0 Å². The van der Waals surface area contributed by atoms with Gasteiger partial charge in [-0.3, -0.25) is 4.57 Å². The summed E-state index contributed by atoms with van der Waals surface area (Å²) in [5, 5.41) is 20.6. The van der Waals surface area contributed by atoms with E-state index in [9.17, 15) is 14.6 Å². The van der Waals surface area contributed by atoms with Crippen LogP contribution in [-0.2, 0) is 4.74 Å². The SMILES string of the molecule is C=P(C)(C)CC[C@H]1OC(n2c(F)nc3c(N)ncnc32)[C@H](O)[C@@H]1O. The Labute approximate surface area is 138 Å². The van der Waals surface area contributed by atoms with Gasteiger partial charge in [0, 0.05) is 0 Å². The zero-order chi connectivity index (χ0) is 17.6. The molecular weight excluding hydrogens is 336 g/mol. The van der Waals surface area contributed by atoms with Crippen molar-refractivity contribution in [1.82, 2.24) is 19.5 Å². The van der Waals surface area contributed by atoms with Gasteiger partial charge < -0.3 is 20.7 Å². The number of hydrogen-bond acceptors (Lipinski definition) is 7. The molecule has 0 spiro atoms. The molecule has 1 aliphatic heterocycles. The molecule has 1 unspecified atom stereocenters. The monoisotopic (exact) mass is 357 g/mol. The Bertz CT molecular complexity index is 807. The molecule has 2 aromatic rings. The molecule has 0 aromatic carbocycles. The van der Waals surface area contributed by atoms with Crippen molar-refractivity contribution in [2.45, 2.75) is 31.0 Å². The predicted octanol–water partition coefficient (Wildman–Crippen LogP) is 0.266. The minimum Gasteiger partial charge on any atom is -0.388 e. The molecule has 0 amide bonds. The highest BCUT2D eigenvalue weighted by atomic mass is 31.2. The molecular formula is C14H21FN5O3P. The first-order valence-electron chi connectivity index (χ1n) is 7.52. The van der Waals surface area contributed by atoms with Gasteiger partial charge in [0.15, 0.2) is 23.2 Å². The summed E-state index contributed by atoms with van der Waals surface area (Å²) in [6.45, 7) is 2.85. The molecule has 10 heteroatoms. The van der Waals surface area contributed by atoms with Crippen LogP contribution in [0.25, 0.3) is 11.2 Å². The Hall–Kier alpha value is -1.54. The van der Waals surface area contributed by atoms with Crippen LogP contribution >= 0.6 is 6.89 Å². The van der Waals surface area contributed by atoms with Gasteiger partial charge in [-0.25, -0.2) is 9.97 Å². The number of nitrogens with zero attached hydrogens (tertiary/aromatic N) is 4. The van der Waals surface area contributed by atoms with Crippen LogP contribution in [0.4, 0.5) is 10.2 Å². The van der Waals surface area contributed by atoms with Crippen LogP contribution in [0.5, 0.6) is 0 Å². The van der Waals surface area contributed by atoms with E-state index in [1.54, 1.807) is 0 Å². The third-order valence-corrected chi connectivity index (χ3v) is 5.54. The Morgan fingerprint density at radius 1 is 1.38 bits per heavy atom. The molecule has 4 N–H and O–H groups in total. The molecule has 1 saturated heterocycles. The lowest BCUT2D eigenvalue weighted by atomic mass is 10.1. The number of fused-ring (bicyclic) bond motifs is 1. The summed E-state index contributed by atoms with van der Waals surface area (Å²) >= 11 is 0. The Morgan fingerprint density at radius 3 is 2.75 bits per heavy atom. The first-order chi connectivity index (χ1) is 11.2. The van der Waals surface area contributed by atoms with Gasteiger partial charge >= 0.3 is 0 Å². The van der Waals surface area contributed by atoms with E-state index in [-0.39, 0.29) is 17.0 Å². The van der Waals surface area contributed by atoms with Gasteiger partial charge in [0.05, 0.1) is 6.10 Å². The number of rotatable bonds is 4. The highest BCUT2D eigenvalue weighted by Gasteiger charge is 2.45. The number of halogens is 1. The van der Waals surface area contributed by atoms with Crippen LogP contribution in [0, 0.1) is 6.08 Å². The molecule has 1 fully saturated rings.